The second kappa shape index (κ2) is 7.39. The van der Waals surface area contributed by atoms with Gasteiger partial charge in [0.1, 0.15) is 5.82 Å². The Labute approximate surface area is 139 Å². The van der Waals surface area contributed by atoms with E-state index in [4.69, 9.17) is 16.3 Å². The summed E-state index contributed by atoms with van der Waals surface area (Å²) in [6, 6.07) is 10.2. The number of amides is 1. The van der Waals surface area contributed by atoms with Crippen molar-refractivity contribution in [2.24, 2.45) is 0 Å². The quantitative estimate of drug-likeness (QED) is 0.880. The zero-order valence-corrected chi connectivity index (χ0v) is 13.2. The third kappa shape index (κ3) is 4.40. The molecule has 2 aromatic rings. The molecule has 2 heterocycles. The first kappa shape index (κ1) is 15.7. The molecule has 0 saturated carbocycles. The highest BCUT2D eigenvalue weighted by Gasteiger charge is 2.15. The van der Waals surface area contributed by atoms with Crippen molar-refractivity contribution in [2.45, 2.75) is 18.9 Å². The Balaban J connectivity index is 1.55. The van der Waals surface area contributed by atoms with E-state index < -0.39 is 0 Å². The van der Waals surface area contributed by atoms with Crippen LogP contribution in [0.4, 0.5) is 11.5 Å². The Bertz CT molecular complexity index is 655. The highest BCUT2D eigenvalue weighted by molar-refractivity contribution is 6.30. The van der Waals surface area contributed by atoms with Crippen LogP contribution in [0.1, 0.15) is 23.3 Å². The van der Waals surface area contributed by atoms with Crippen molar-refractivity contribution >= 4 is 29.0 Å². The summed E-state index contributed by atoms with van der Waals surface area (Å²) in [4.78, 5) is 12.1. The molecule has 1 amide bonds. The average molecular weight is 333 g/mol. The molecular weight excluding hydrogens is 316 g/mol. The molecule has 1 aliphatic heterocycles. The zero-order chi connectivity index (χ0) is 16.1. The van der Waals surface area contributed by atoms with Crippen molar-refractivity contribution in [1.82, 2.24) is 10.2 Å². The van der Waals surface area contributed by atoms with Crippen molar-refractivity contribution in [2.75, 3.05) is 23.8 Å². The first-order valence-electron chi connectivity index (χ1n) is 7.47. The number of aromatic nitrogens is 2. The average Bonchev–Trinajstić information content (AvgIpc) is 3.09. The van der Waals surface area contributed by atoms with E-state index in [0.717, 1.165) is 19.4 Å². The van der Waals surface area contributed by atoms with E-state index in [-0.39, 0.29) is 17.7 Å². The molecule has 0 aliphatic carbocycles. The van der Waals surface area contributed by atoms with Crippen LogP contribution in [0, 0.1) is 0 Å². The van der Waals surface area contributed by atoms with E-state index in [1.165, 1.54) is 0 Å². The fourth-order valence-corrected chi connectivity index (χ4v) is 2.43. The molecule has 1 atom stereocenters. The molecule has 2 N–H and O–H groups in total. The highest BCUT2D eigenvalue weighted by Crippen LogP contribution is 2.15. The van der Waals surface area contributed by atoms with Crippen LogP contribution >= 0.6 is 11.6 Å². The predicted molar refractivity (Wildman–Crippen MR) is 88.9 cm³/mol. The first-order chi connectivity index (χ1) is 11.2. The Morgan fingerprint density at radius 1 is 1.22 bits per heavy atom. The van der Waals surface area contributed by atoms with E-state index >= 15 is 0 Å². The number of anilines is 2. The lowest BCUT2D eigenvalue weighted by Gasteiger charge is -2.10. The van der Waals surface area contributed by atoms with Crippen molar-refractivity contribution < 1.29 is 9.53 Å². The van der Waals surface area contributed by atoms with E-state index in [0.29, 0.717) is 23.1 Å². The van der Waals surface area contributed by atoms with Crippen LogP contribution in [0.25, 0.3) is 0 Å². The van der Waals surface area contributed by atoms with Crippen molar-refractivity contribution in [1.29, 1.82) is 0 Å². The standard InChI is InChI=1S/C16H17ClN4O2/c17-11-3-5-12(6-4-11)19-16(22)14-7-8-15(21-20-14)18-10-13-2-1-9-23-13/h3-8,13H,1-2,9-10H2,(H,18,21)(H,19,22). The van der Waals surface area contributed by atoms with Gasteiger partial charge in [-0.3, -0.25) is 4.79 Å². The molecule has 1 aliphatic rings. The second-order valence-electron chi connectivity index (χ2n) is 5.28. The summed E-state index contributed by atoms with van der Waals surface area (Å²) in [6.07, 6.45) is 2.38. The van der Waals surface area contributed by atoms with Crippen molar-refractivity contribution in [3.8, 4) is 0 Å². The molecule has 0 spiro atoms. The summed E-state index contributed by atoms with van der Waals surface area (Å²) in [6.45, 7) is 1.52. The van der Waals surface area contributed by atoms with Gasteiger partial charge in [-0.2, -0.15) is 0 Å². The summed E-state index contributed by atoms with van der Waals surface area (Å²) in [5.41, 5.74) is 0.907. The molecule has 23 heavy (non-hydrogen) atoms. The normalized spacial score (nSPS) is 17.0. The minimum atomic E-state index is -0.314. The van der Waals surface area contributed by atoms with E-state index in [2.05, 4.69) is 20.8 Å². The number of carbonyl (C=O) groups is 1. The van der Waals surface area contributed by atoms with Gasteiger partial charge in [0.2, 0.25) is 0 Å². The van der Waals surface area contributed by atoms with E-state index in [9.17, 15) is 4.79 Å². The maximum absolute atomic E-state index is 12.1. The maximum Gasteiger partial charge on any atom is 0.276 e. The predicted octanol–water partition coefficient (Wildman–Crippen LogP) is 2.97. The summed E-state index contributed by atoms with van der Waals surface area (Å²) in [5.74, 6) is 0.314. The molecule has 0 radical (unpaired) electrons. The van der Waals surface area contributed by atoms with Crippen LogP contribution in [-0.4, -0.2) is 35.4 Å². The van der Waals surface area contributed by atoms with Crippen LogP contribution < -0.4 is 10.6 Å². The molecule has 1 aromatic carbocycles. The Morgan fingerprint density at radius 3 is 2.70 bits per heavy atom. The number of hydrogen-bond acceptors (Lipinski definition) is 5. The molecular formula is C16H17ClN4O2. The lowest BCUT2D eigenvalue weighted by molar-refractivity contribution is 0.102. The molecule has 7 heteroatoms. The minimum Gasteiger partial charge on any atom is -0.376 e. The smallest absolute Gasteiger partial charge is 0.276 e. The Kier molecular flexibility index (Phi) is 5.05. The van der Waals surface area contributed by atoms with Gasteiger partial charge in [-0.1, -0.05) is 11.6 Å². The lowest BCUT2D eigenvalue weighted by atomic mass is 10.2. The molecule has 120 valence electrons. The van der Waals surface area contributed by atoms with Crippen LogP contribution in [0.5, 0.6) is 0 Å². The number of carbonyl (C=O) groups excluding carboxylic acids is 1. The van der Waals surface area contributed by atoms with Crippen LogP contribution in [0.2, 0.25) is 5.02 Å². The number of ether oxygens (including phenoxy) is 1. The second-order valence-corrected chi connectivity index (χ2v) is 5.72. The van der Waals surface area contributed by atoms with Gasteiger partial charge in [-0.25, -0.2) is 0 Å². The van der Waals surface area contributed by atoms with E-state index in [1.54, 1.807) is 36.4 Å². The highest BCUT2D eigenvalue weighted by atomic mass is 35.5. The summed E-state index contributed by atoms with van der Waals surface area (Å²) in [5, 5.41) is 14.5. The van der Waals surface area contributed by atoms with Crippen LogP contribution in [0.15, 0.2) is 36.4 Å². The number of hydrogen-bond donors (Lipinski definition) is 2. The Hall–Kier alpha value is -2.18. The number of nitrogens with one attached hydrogen (secondary N) is 2. The largest absolute Gasteiger partial charge is 0.376 e. The SMILES string of the molecule is O=C(Nc1ccc(Cl)cc1)c1ccc(NCC2CCCO2)nn1. The molecule has 1 aromatic heterocycles. The van der Waals surface area contributed by atoms with Gasteiger partial charge in [-0.15, -0.1) is 10.2 Å². The fourth-order valence-electron chi connectivity index (χ4n) is 2.30. The fraction of sp³-hybridized carbons (Fsp3) is 0.312. The molecule has 0 bridgehead atoms. The van der Waals surface area contributed by atoms with Gasteiger partial charge < -0.3 is 15.4 Å². The minimum absolute atomic E-state index is 0.227. The molecule has 1 fully saturated rings. The van der Waals surface area contributed by atoms with Crippen molar-refractivity contribution in [3.63, 3.8) is 0 Å². The number of nitrogens with zero attached hydrogens (tertiary/aromatic N) is 2. The lowest BCUT2D eigenvalue weighted by Crippen LogP contribution is -2.20. The topological polar surface area (TPSA) is 76.1 Å². The van der Waals surface area contributed by atoms with Crippen molar-refractivity contribution in [3.05, 3.63) is 47.1 Å². The maximum atomic E-state index is 12.1. The monoisotopic (exact) mass is 332 g/mol. The third-order valence-electron chi connectivity index (χ3n) is 3.53. The van der Waals surface area contributed by atoms with Gasteiger partial charge in [-0.05, 0) is 49.2 Å². The summed E-state index contributed by atoms with van der Waals surface area (Å²) < 4.78 is 5.53. The van der Waals surface area contributed by atoms with Gasteiger partial charge in [0.15, 0.2) is 5.69 Å². The first-order valence-corrected chi connectivity index (χ1v) is 7.84. The van der Waals surface area contributed by atoms with E-state index in [1.807, 2.05) is 0 Å². The Morgan fingerprint density at radius 2 is 2.04 bits per heavy atom. The number of benzene rings is 1. The number of halogens is 1. The van der Waals surface area contributed by atoms with Crippen LogP contribution in [0.3, 0.4) is 0 Å². The molecule has 6 nitrogen and oxygen atoms in total. The van der Waals surface area contributed by atoms with Gasteiger partial charge >= 0.3 is 0 Å². The third-order valence-corrected chi connectivity index (χ3v) is 3.79. The van der Waals surface area contributed by atoms with Crippen LogP contribution in [-0.2, 0) is 4.74 Å². The van der Waals surface area contributed by atoms with Gasteiger partial charge in [0, 0.05) is 23.9 Å². The van der Waals surface area contributed by atoms with Gasteiger partial charge in [0.05, 0.1) is 6.10 Å². The summed E-state index contributed by atoms with van der Waals surface area (Å²) in [7, 11) is 0. The van der Waals surface area contributed by atoms with Gasteiger partial charge in [0.25, 0.3) is 5.91 Å². The molecule has 3 rings (SSSR count). The zero-order valence-electron chi connectivity index (χ0n) is 12.5. The molecule has 1 unspecified atom stereocenters. The number of rotatable bonds is 5. The molecule has 1 saturated heterocycles. The summed E-state index contributed by atoms with van der Waals surface area (Å²) >= 11 is 5.81.